The van der Waals surface area contributed by atoms with E-state index >= 15 is 0 Å². The summed E-state index contributed by atoms with van der Waals surface area (Å²) < 4.78 is 7.55. The fraction of sp³-hybridized carbons (Fsp3) is 0.308. The Morgan fingerprint density at radius 1 is 1.44 bits per heavy atom. The van der Waals surface area contributed by atoms with Gasteiger partial charge in [0.25, 0.3) is 0 Å². The van der Waals surface area contributed by atoms with Gasteiger partial charge in [-0.05, 0) is 26.0 Å². The second kappa shape index (κ2) is 5.00. The number of nitrogen functional groups attached to an aromatic ring is 1. The van der Waals surface area contributed by atoms with E-state index in [0.717, 1.165) is 5.82 Å². The molecule has 96 valence electrons. The number of ether oxygens (including phenoxy) is 1. The van der Waals surface area contributed by atoms with Gasteiger partial charge in [0, 0.05) is 18.3 Å². The maximum atomic E-state index is 9.34. The lowest BCUT2D eigenvalue weighted by atomic mass is 10.3. The maximum absolute atomic E-state index is 9.34. The molecule has 0 bridgehead atoms. The number of hydrogen-bond acceptors (Lipinski definition) is 4. The first-order valence-electron chi connectivity index (χ1n) is 5.81. The zero-order chi connectivity index (χ0) is 13.1. The molecule has 0 unspecified atom stereocenters. The van der Waals surface area contributed by atoms with Gasteiger partial charge < -0.3 is 20.1 Å². The molecule has 0 saturated carbocycles. The van der Waals surface area contributed by atoms with E-state index in [-0.39, 0.29) is 11.8 Å². The minimum Gasteiger partial charge on any atom is -0.508 e. The molecular weight excluding hydrogens is 230 g/mol. The summed E-state index contributed by atoms with van der Waals surface area (Å²) in [6, 6.07) is 6.95. The smallest absolute Gasteiger partial charge is 0.149 e. The monoisotopic (exact) mass is 247 g/mol. The van der Waals surface area contributed by atoms with Gasteiger partial charge in [-0.1, -0.05) is 6.07 Å². The van der Waals surface area contributed by atoms with Crippen molar-refractivity contribution >= 4 is 5.82 Å². The molecule has 0 amide bonds. The van der Waals surface area contributed by atoms with Gasteiger partial charge in [0.05, 0.1) is 0 Å². The van der Waals surface area contributed by atoms with Crippen molar-refractivity contribution in [2.24, 2.45) is 0 Å². The van der Waals surface area contributed by atoms with Crippen LogP contribution in [0.4, 0.5) is 5.82 Å². The third-order valence-corrected chi connectivity index (χ3v) is 2.57. The molecule has 0 atom stereocenters. The number of benzene rings is 1. The van der Waals surface area contributed by atoms with Crippen molar-refractivity contribution < 1.29 is 9.84 Å². The number of phenolic OH excluding ortho intramolecular Hbond substituents is 1. The Kier molecular flexibility index (Phi) is 3.41. The number of nitrogens with two attached hydrogens (primary N) is 1. The van der Waals surface area contributed by atoms with Gasteiger partial charge in [0.2, 0.25) is 0 Å². The lowest BCUT2D eigenvalue weighted by Crippen LogP contribution is -2.08. The highest BCUT2D eigenvalue weighted by molar-refractivity contribution is 5.32. The first-order chi connectivity index (χ1) is 8.56. The van der Waals surface area contributed by atoms with Crippen LogP contribution in [0.1, 0.15) is 25.7 Å². The number of phenols is 1. The Hall–Kier alpha value is -2.17. The van der Waals surface area contributed by atoms with Crippen molar-refractivity contribution in [1.29, 1.82) is 0 Å². The molecule has 0 aliphatic rings. The Morgan fingerprint density at radius 3 is 2.89 bits per heavy atom. The summed E-state index contributed by atoms with van der Waals surface area (Å²) in [5, 5.41) is 9.34. The normalized spacial score (nSPS) is 10.8. The maximum Gasteiger partial charge on any atom is 0.149 e. The topological polar surface area (TPSA) is 73.3 Å². The third kappa shape index (κ3) is 2.74. The van der Waals surface area contributed by atoms with Gasteiger partial charge in [-0.3, -0.25) is 0 Å². The molecule has 0 saturated heterocycles. The zero-order valence-corrected chi connectivity index (χ0v) is 10.5. The second-order valence-electron chi connectivity index (χ2n) is 4.37. The molecule has 2 aromatic rings. The molecule has 0 aliphatic carbocycles. The summed E-state index contributed by atoms with van der Waals surface area (Å²) in [7, 11) is 0. The first kappa shape index (κ1) is 12.3. The molecule has 1 heterocycles. The van der Waals surface area contributed by atoms with Gasteiger partial charge in [-0.2, -0.15) is 0 Å². The van der Waals surface area contributed by atoms with Crippen LogP contribution >= 0.6 is 0 Å². The van der Waals surface area contributed by atoms with E-state index < -0.39 is 0 Å². The van der Waals surface area contributed by atoms with E-state index in [0.29, 0.717) is 18.2 Å². The molecule has 1 aromatic carbocycles. The molecule has 0 fully saturated rings. The molecule has 3 N–H and O–H groups in total. The third-order valence-electron chi connectivity index (χ3n) is 2.57. The molecule has 0 aliphatic heterocycles. The molecule has 5 heteroatoms. The van der Waals surface area contributed by atoms with Crippen molar-refractivity contribution in [2.45, 2.75) is 26.5 Å². The summed E-state index contributed by atoms with van der Waals surface area (Å²) in [6.07, 6.45) is 1.80. The van der Waals surface area contributed by atoms with Gasteiger partial charge in [0.1, 0.15) is 29.7 Å². The SMILES string of the molecule is CC(C)n1cc(N)nc1COc1cccc(O)c1. The fourth-order valence-corrected chi connectivity index (χ4v) is 1.73. The number of aromatic hydroxyl groups is 1. The van der Waals surface area contributed by atoms with E-state index in [1.54, 1.807) is 30.5 Å². The molecule has 0 radical (unpaired) electrons. The Bertz CT molecular complexity index is 535. The Balaban J connectivity index is 2.10. The predicted molar refractivity (Wildman–Crippen MR) is 69.5 cm³/mol. The number of aromatic nitrogens is 2. The minimum absolute atomic E-state index is 0.180. The van der Waals surface area contributed by atoms with Crippen LogP contribution in [-0.2, 0) is 6.61 Å². The predicted octanol–water partition coefficient (Wildman–Crippen LogP) is 2.33. The van der Waals surface area contributed by atoms with Crippen LogP contribution in [0.15, 0.2) is 30.5 Å². The summed E-state index contributed by atoms with van der Waals surface area (Å²) in [5.74, 6) is 2.04. The quantitative estimate of drug-likeness (QED) is 0.869. The van der Waals surface area contributed by atoms with Crippen molar-refractivity contribution in [1.82, 2.24) is 9.55 Å². The van der Waals surface area contributed by atoms with Crippen molar-refractivity contribution in [3.63, 3.8) is 0 Å². The molecule has 0 spiro atoms. The van der Waals surface area contributed by atoms with Gasteiger partial charge in [0.15, 0.2) is 0 Å². The number of rotatable bonds is 4. The van der Waals surface area contributed by atoms with Gasteiger partial charge >= 0.3 is 0 Å². The number of imidazole rings is 1. The van der Waals surface area contributed by atoms with Crippen LogP contribution in [0.25, 0.3) is 0 Å². The standard InChI is InChI=1S/C13H17N3O2/c1-9(2)16-7-12(14)15-13(16)8-18-11-5-3-4-10(17)6-11/h3-7,9,17H,8,14H2,1-2H3. The zero-order valence-electron chi connectivity index (χ0n) is 10.5. The number of hydrogen-bond donors (Lipinski definition) is 2. The molecule has 2 rings (SSSR count). The number of nitrogens with zero attached hydrogens (tertiary/aromatic N) is 2. The van der Waals surface area contributed by atoms with Crippen LogP contribution in [0.5, 0.6) is 11.5 Å². The molecular formula is C13H17N3O2. The lowest BCUT2D eigenvalue weighted by molar-refractivity contribution is 0.285. The van der Waals surface area contributed by atoms with Crippen LogP contribution in [0.2, 0.25) is 0 Å². The molecule has 18 heavy (non-hydrogen) atoms. The van der Waals surface area contributed by atoms with Crippen molar-refractivity contribution in [2.75, 3.05) is 5.73 Å². The highest BCUT2D eigenvalue weighted by Gasteiger charge is 2.09. The average Bonchev–Trinajstić information content (AvgIpc) is 2.68. The van der Waals surface area contributed by atoms with E-state index in [1.165, 1.54) is 0 Å². The van der Waals surface area contributed by atoms with E-state index in [1.807, 2.05) is 4.57 Å². The van der Waals surface area contributed by atoms with Gasteiger partial charge in [-0.25, -0.2) is 4.98 Å². The van der Waals surface area contributed by atoms with E-state index in [9.17, 15) is 5.11 Å². The molecule has 1 aromatic heterocycles. The molecule has 5 nitrogen and oxygen atoms in total. The van der Waals surface area contributed by atoms with Crippen LogP contribution in [-0.4, -0.2) is 14.7 Å². The Labute approximate surface area is 106 Å². The van der Waals surface area contributed by atoms with E-state index in [2.05, 4.69) is 18.8 Å². The largest absolute Gasteiger partial charge is 0.508 e. The van der Waals surface area contributed by atoms with Crippen molar-refractivity contribution in [3.8, 4) is 11.5 Å². The van der Waals surface area contributed by atoms with Crippen LogP contribution in [0, 0.1) is 0 Å². The van der Waals surface area contributed by atoms with Crippen LogP contribution in [0.3, 0.4) is 0 Å². The fourth-order valence-electron chi connectivity index (χ4n) is 1.73. The summed E-state index contributed by atoms with van der Waals surface area (Å²) in [5.41, 5.74) is 5.68. The van der Waals surface area contributed by atoms with Crippen molar-refractivity contribution in [3.05, 3.63) is 36.3 Å². The average molecular weight is 247 g/mol. The van der Waals surface area contributed by atoms with E-state index in [4.69, 9.17) is 10.5 Å². The summed E-state index contributed by atoms with van der Waals surface area (Å²) >= 11 is 0. The minimum atomic E-state index is 0.180. The highest BCUT2D eigenvalue weighted by atomic mass is 16.5. The Morgan fingerprint density at radius 2 is 2.22 bits per heavy atom. The lowest BCUT2D eigenvalue weighted by Gasteiger charge is -2.12. The van der Waals surface area contributed by atoms with Gasteiger partial charge in [-0.15, -0.1) is 0 Å². The summed E-state index contributed by atoms with van der Waals surface area (Å²) in [4.78, 5) is 4.22. The first-order valence-corrected chi connectivity index (χ1v) is 5.81. The van der Waals surface area contributed by atoms with Crippen LogP contribution < -0.4 is 10.5 Å². The second-order valence-corrected chi connectivity index (χ2v) is 4.37. The highest BCUT2D eigenvalue weighted by Crippen LogP contribution is 2.20. The summed E-state index contributed by atoms with van der Waals surface area (Å²) in [6.45, 7) is 4.43. The number of anilines is 1.